The van der Waals surface area contributed by atoms with Crippen molar-refractivity contribution in [1.29, 1.82) is 0 Å². The molecule has 3 rings (SSSR count). The number of aromatic nitrogens is 2. The summed E-state index contributed by atoms with van der Waals surface area (Å²) in [5.74, 6) is -0.0536. The average Bonchev–Trinajstić information content (AvgIpc) is 2.89. The summed E-state index contributed by atoms with van der Waals surface area (Å²) in [7, 11) is 0. The number of nitrogens with one attached hydrogen (secondary N) is 1. The lowest BCUT2D eigenvalue weighted by atomic mass is 10.2. The van der Waals surface area contributed by atoms with E-state index >= 15 is 0 Å². The van der Waals surface area contributed by atoms with E-state index in [1.807, 2.05) is 47.1 Å². The van der Waals surface area contributed by atoms with Crippen molar-refractivity contribution in [3.8, 4) is 0 Å². The molecule has 0 unspecified atom stereocenters. The first-order chi connectivity index (χ1) is 10.2. The smallest absolute Gasteiger partial charge is 0.251 e. The first-order valence-electron chi connectivity index (χ1n) is 6.69. The Morgan fingerprint density at radius 3 is 2.76 bits per heavy atom. The van der Waals surface area contributed by atoms with Gasteiger partial charge in [-0.05, 0) is 40.2 Å². The van der Waals surface area contributed by atoms with Gasteiger partial charge >= 0.3 is 0 Å². The van der Waals surface area contributed by atoms with Gasteiger partial charge in [-0.15, -0.1) is 0 Å². The van der Waals surface area contributed by atoms with E-state index < -0.39 is 0 Å². The molecule has 0 aliphatic heterocycles. The Balaban J connectivity index is 1.60. The van der Waals surface area contributed by atoms with Gasteiger partial charge in [0.1, 0.15) is 5.65 Å². The fourth-order valence-electron chi connectivity index (χ4n) is 2.13. The molecule has 0 bridgehead atoms. The topological polar surface area (TPSA) is 46.4 Å². The van der Waals surface area contributed by atoms with Crippen LogP contribution in [0.3, 0.4) is 0 Å². The predicted molar refractivity (Wildman–Crippen MR) is 85.4 cm³/mol. The number of hydrogen-bond donors (Lipinski definition) is 1. The summed E-state index contributed by atoms with van der Waals surface area (Å²) in [6, 6.07) is 13.1. The highest BCUT2D eigenvalue weighted by atomic mass is 79.9. The fraction of sp³-hybridized carbons (Fsp3) is 0.125. The van der Waals surface area contributed by atoms with Gasteiger partial charge in [0, 0.05) is 35.4 Å². The number of carbonyl (C=O) groups is 1. The lowest BCUT2D eigenvalue weighted by molar-refractivity contribution is 0.0954. The molecule has 0 saturated carbocycles. The lowest BCUT2D eigenvalue weighted by Gasteiger charge is -2.03. The minimum Gasteiger partial charge on any atom is -0.352 e. The van der Waals surface area contributed by atoms with E-state index in [0.29, 0.717) is 18.5 Å². The largest absolute Gasteiger partial charge is 0.352 e. The van der Waals surface area contributed by atoms with Crippen LogP contribution < -0.4 is 5.32 Å². The first-order valence-corrected chi connectivity index (χ1v) is 7.48. The second kappa shape index (κ2) is 6.10. The maximum Gasteiger partial charge on any atom is 0.251 e. The van der Waals surface area contributed by atoms with Crippen LogP contribution in [0.1, 0.15) is 16.1 Å². The van der Waals surface area contributed by atoms with Crippen molar-refractivity contribution in [2.75, 3.05) is 6.54 Å². The van der Waals surface area contributed by atoms with Crippen molar-refractivity contribution in [2.45, 2.75) is 6.42 Å². The number of halogens is 1. The molecule has 0 spiro atoms. The van der Waals surface area contributed by atoms with Gasteiger partial charge in [0.15, 0.2) is 0 Å². The summed E-state index contributed by atoms with van der Waals surface area (Å²) < 4.78 is 2.98. The Labute approximate surface area is 131 Å². The predicted octanol–water partition coefficient (Wildman–Crippen LogP) is 3.07. The van der Waals surface area contributed by atoms with E-state index in [2.05, 4.69) is 26.2 Å². The van der Waals surface area contributed by atoms with E-state index in [-0.39, 0.29) is 5.91 Å². The maximum atomic E-state index is 11.9. The molecule has 2 aromatic heterocycles. The summed E-state index contributed by atoms with van der Waals surface area (Å²) in [6.07, 6.45) is 4.65. The number of hydrogen-bond acceptors (Lipinski definition) is 2. The third-order valence-electron chi connectivity index (χ3n) is 3.17. The van der Waals surface area contributed by atoms with Gasteiger partial charge in [0.05, 0.1) is 5.69 Å². The molecule has 3 aromatic rings. The SMILES string of the molecule is O=C(NCCc1cn2cc(Br)ccc2n1)c1ccccc1. The third-order valence-corrected chi connectivity index (χ3v) is 3.64. The number of carbonyl (C=O) groups excluding carboxylic acids is 1. The Morgan fingerprint density at radius 2 is 1.95 bits per heavy atom. The summed E-state index contributed by atoms with van der Waals surface area (Å²) in [6.45, 7) is 0.568. The number of nitrogens with zero attached hydrogens (tertiary/aromatic N) is 2. The molecule has 0 aliphatic carbocycles. The number of amides is 1. The Hall–Kier alpha value is -2.14. The van der Waals surface area contributed by atoms with Crippen molar-refractivity contribution in [3.63, 3.8) is 0 Å². The zero-order valence-corrected chi connectivity index (χ0v) is 12.9. The van der Waals surface area contributed by atoms with Gasteiger partial charge in [0.25, 0.3) is 5.91 Å². The van der Waals surface area contributed by atoms with Gasteiger partial charge in [-0.2, -0.15) is 0 Å². The number of rotatable bonds is 4. The molecule has 5 heteroatoms. The van der Waals surface area contributed by atoms with Crippen LogP contribution in [-0.4, -0.2) is 21.8 Å². The van der Waals surface area contributed by atoms with Crippen molar-refractivity contribution < 1.29 is 4.79 Å². The highest BCUT2D eigenvalue weighted by Gasteiger charge is 2.05. The van der Waals surface area contributed by atoms with Crippen LogP contribution in [0.4, 0.5) is 0 Å². The molecule has 106 valence electrons. The molecule has 0 radical (unpaired) electrons. The maximum absolute atomic E-state index is 11.9. The minimum atomic E-state index is -0.0536. The molecular formula is C16H14BrN3O. The van der Waals surface area contributed by atoms with E-state index in [0.717, 1.165) is 15.8 Å². The van der Waals surface area contributed by atoms with Crippen molar-refractivity contribution in [2.24, 2.45) is 0 Å². The molecule has 0 aliphatic rings. The molecule has 0 saturated heterocycles. The number of benzene rings is 1. The highest BCUT2D eigenvalue weighted by molar-refractivity contribution is 9.10. The van der Waals surface area contributed by atoms with Crippen LogP contribution in [0.5, 0.6) is 0 Å². The number of fused-ring (bicyclic) bond motifs is 1. The summed E-state index contributed by atoms with van der Waals surface area (Å²) in [5.41, 5.74) is 2.54. The second-order valence-electron chi connectivity index (χ2n) is 4.72. The van der Waals surface area contributed by atoms with Crippen molar-refractivity contribution >= 4 is 27.5 Å². The fourth-order valence-corrected chi connectivity index (χ4v) is 2.49. The Morgan fingerprint density at radius 1 is 1.14 bits per heavy atom. The van der Waals surface area contributed by atoms with Crippen LogP contribution in [-0.2, 0) is 6.42 Å². The molecule has 21 heavy (non-hydrogen) atoms. The van der Waals surface area contributed by atoms with Gasteiger partial charge in [-0.1, -0.05) is 18.2 Å². The second-order valence-corrected chi connectivity index (χ2v) is 5.63. The standard InChI is InChI=1S/C16H14BrN3O/c17-13-6-7-15-19-14(11-20(15)10-13)8-9-18-16(21)12-4-2-1-3-5-12/h1-7,10-11H,8-9H2,(H,18,21). The van der Waals surface area contributed by atoms with Crippen LogP contribution in [0.2, 0.25) is 0 Å². The van der Waals surface area contributed by atoms with E-state index in [1.165, 1.54) is 0 Å². The summed E-state index contributed by atoms with van der Waals surface area (Å²) >= 11 is 3.43. The van der Waals surface area contributed by atoms with Crippen molar-refractivity contribution in [3.05, 3.63) is 70.6 Å². The monoisotopic (exact) mass is 343 g/mol. The van der Waals surface area contributed by atoms with Crippen LogP contribution >= 0.6 is 15.9 Å². The first kappa shape index (κ1) is 13.8. The van der Waals surface area contributed by atoms with Gasteiger partial charge in [-0.25, -0.2) is 4.98 Å². The molecule has 0 atom stereocenters. The highest BCUT2D eigenvalue weighted by Crippen LogP contribution is 2.12. The van der Waals surface area contributed by atoms with E-state index in [9.17, 15) is 4.79 Å². The number of pyridine rings is 1. The van der Waals surface area contributed by atoms with E-state index in [1.54, 1.807) is 12.1 Å². The molecular weight excluding hydrogens is 330 g/mol. The average molecular weight is 344 g/mol. The molecule has 4 nitrogen and oxygen atoms in total. The Kier molecular flexibility index (Phi) is 4.01. The van der Waals surface area contributed by atoms with E-state index in [4.69, 9.17) is 0 Å². The summed E-state index contributed by atoms with van der Waals surface area (Å²) in [5, 5.41) is 2.91. The molecule has 1 amide bonds. The van der Waals surface area contributed by atoms with Crippen LogP contribution in [0, 0.1) is 0 Å². The van der Waals surface area contributed by atoms with Gasteiger partial charge in [-0.3, -0.25) is 4.79 Å². The van der Waals surface area contributed by atoms with Crippen LogP contribution in [0.15, 0.2) is 59.3 Å². The van der Waals surface area contributed by atoms with Crippen molar-refractivity contribution in [1.82, 2.24) is 14.7 Å². The molecule has 0 fully saturated rings. The third kappa shape index (κ3) is 3.31. The zero-order chi connectivity index (χ0) is 14.7. The van der Waals surface area contributed by atoms with Crippen LogP contribution in [0.25, 0.3) is 5.65 Å². The minimum absolute atomic E-state index is 0.0536. The van der Waals surface area contributed by atoms with Gasteiger partial charge in [0.2, 0.25) is 0 Å². The summed E-state index contributed by atoms with van der Waals surface area (Å²) in [4.78, 5) is 16.4. The quantitative estimate of drug-likeness (QED) is 0.791. The zero-order valence-electron chi connectivity index (χ0n) is 11.3. The lowest BCUT2D eigenvalue weighted by Crippen LogP contribution is -2.25. The molecule has 1 N–H and O–H groups in total. The number of imidazole rings is 1. The molecule has 1 aromatic carbocycles. The normalized spacial score (nSPS) is 10.7. The van der Waals surface area contributed by atoms with Gasteiger partial charge < -0.3 is 9.72 Å². The Bertz CT molecular complexity index is 768. The molecule has 2 heterocycles.